The van der Waals surface area contributed by atoms with Crippen LogP contribution in [0.1, 0.15) is 5.56 Å². The molecule has 0 aliphatic rings. The van der Waals surface area contributed by atoms with Crippen LogP contribution in [-0.4, -0.2) is 32.5 Å². The minimum Gasteiger partial charge on any atom is -1.00 e. The van der Waals surface area contributed by atoms with Gasteiger partial charge in [-0.3, -0.25) is 0 Å². The number of hydrogen-bond acceptors (Lipinski definition) is 5. The molecule has 0 aliphatic carbocycles. The number of tetrazole rings is 1. The molecule has 1 heterocycles. The molecule has 9 heteroatoms. The Morgan fingerprint density at radius 3 is 2.60 bits per heavy atom. The van der Waals surface area contributed by atoms with Gasteiger partial charge in [-0.2, -0.15) is 0 Å². The molecule has 0 bridgehead atoms. The highest BCUT2D eigenvalue weighted by Gasteiger charge is 2.05. The molecule has 5 nitrogen and oxygen atoms in total. The number of nitrogens with zero attached hydrogens (tertiary/aromatic N) is 4. The average Bonchev–Trinajstić information content (AvgIpc) is 2.78. The summed E-state index contributed by atoms with van der Waals surface area (Å²) in [6.45, 7) is 1.47. The zero-order chi connectivity index (χ0) is 13.7. The van der Waals surface area contributed by atoms with Crippen molar-refractivity contribution in [2.24, 2.45) is 7.05 Å². The van der Waals surface area contributed by atoms with Gasteiger partial charge in [0, 0.05) is 41.5 Å². The van der Waals surface area contributed by atoms with E-state index in [2.05, 4.69) is 20.8 Å². The minimum atomic E-state index is 0. The molecular weight excluding hydrogens is 341 g/mol. The minimum absolute atomic E-state index is 0. The van der Waals surface area contributed by atoms with Crippen molar-refractivity contribution in [2.45, 2.75) is 11.7 Å². The lowest BCUT2D eigenvalue weighted by Crippen LogP contribution is -3.00. The highest BCUT2D eigenvalue weighted by Crippen LogP contribution is 2.23. The fraction of sp³-hybridized carbons (Fsp3) is 0.364. The van der Waals surface area contributed by atoms with Gasteiger partial charge in [0.1, 0.15) is 0 Å². The fourth-order valence-electron chi connectivity index (χ4n) is 1.47. The van der Waals surface area contributed by atoms with E-state index in [-0.39, 0.29) is 12.4 Å². The topological polar surface area (TPSA) is 55.6 Å². The molecule has 0 saturated carbocycles. The molecule has 110 valence electrons. The molecule has 0 atom stereocenters. The van der Waals surface area contributed by atoms with Gasteiger partial charge in [0.15, 0.2) is 0 Å². The largest absolute Gasteiger partial charge is 1.00 e. The van der Waals surface area contributed by atoms with Crippen LogP contribution in [0, 0.1) is 0 Å². The highest BCUT2D eigenvalue weighted by molar-refractivity contribution is 7.99. The third-order valence-electron chi connectivity index (χ3n) is 2.45. The lowest BCUT2D eigenvalue weighted by atomic mass is 10.2. The van der Waals surface area contributed by atoms with Gasteiger partial charge in [0.25, 0.3) is 0 Å². The Bertz CT molecular complexity index is 528. The molecule has 2 rings (SSSR count). The van der Waals surface area contributed by atoms with Crippen molar-refractivity contribution >= 4 is 35.0 Å². The second kappa shape index (κ2) is 8.69. The van der Waals surface area contributed by atoms with Gasteiger partial charge in [-0.15, -0.1) is 5.10 Å². The predicted molar refractivity (Wildman–Crippen MR) is 77.7 cm³/mol. The summed E-state index contributed by atoms with van der Waals surface area (Å²) in [6, 6.07) is 5.51. The Morgan fingerprint density at radius 1 is 1.30 bits per heavy atom. The Balaban J connectivity index is 0.00000200. The van der Waals surface area contributed by atoms with Crippen molar-refractivity contribution in [1.29, 1.82) is 0 Å². The van der Waals surface area contributed by atoms with Crippen LogP contribution in [0.15, 0.2) is 23.4 Å². The summed E-state index contributed by atoms with van der Waals surface area (Å²) in [5.74, 6) is 0.871. The van der Waals surface area contributed by atoms with Crippen molar-refractivity contribution < 1.29 is 12.4 Å². The van der Waals surface area contributed by atoms with Crippen molar-refractivity contribution in [3.8, 4) is 0 Å². The van der Waals surface area contributed by atoms with E-state index in [0.29, 0.717) is 16.6 Å². The second-order valence-corrected chi connectivity index (χ2v) is 5.69. The van der Waals surface area contributed by atoms with Crippen LogP contribution in [0.3, 0.4) is 0 Å². The lowest BCUT2D eigenvalue weighted by molar-refractivity contribution is -0.00000392. The zero-order valence-corrected chi connectivity index (χ0v) is 13.8. The van der Waals surface area contributed by atoms with Gasteiger partial charge in [-0.1, -0.05) is 41.0 Å². The van der Waals surface area contributed by atoms with Gasteiger partial charge in [-0.25, -0.2) is 4.68 Å². The van der Waals surface area contributed by atoms with E-state index in [1.165, 1.54) is 0 Å². The van der Waals surface area contributed by atoms with Crippen LogP contribution in [0.4, 0.5) is 0 Å². The van der Waals surface area contributed by atoms with Crippen molar-refractivity contribution in [3.05, 3.63) is 33.8 Å². The van der Waals surface area contributed by atoms with Crippen molar-refractivity contribution in [2.75, 3.05) is 12.3 Å². The zero-order valence-electron chi connectivity index (χ0n) is 10.7. The summed E-state index contributed by atoms with van der Waals surface area (Å²) in [4.78, 5) is 0. The molecule has 0 radical (unpaired) electrons. The first-order chi connectivity index (χ1) is 9.18. The number of halogens is 3. The van der Waals surface area contributed by atoms with Crippen molar-refractivity contribution in [1.82, 2.24) is 25.5 Å². The normalized spacial score (nSPS) is 10.3. The van der Waals surface area contributed by atoms with E-state index in [4.69, 9.17) is 23.2 Å². The number of benzene rings is 1. The van der Waals surface area contributed by atoms with E-state index in [0.717, 1.165) is 23.0 Å². The number of hydrogen-bond donors (Lipinski definition) is 1. The van der Waals surface area contributed by atoms with Crippen molar-refractivity contribution in [3.63, 3.8) is 0 Å². The van der Waals surface area contributed by atoms with Crippen LogP contribution < -0.4 is 17.7 Å². The maximum atomic E-state index is 6.08. The molecule has 1 N–H and O–H groups in total. The summed E-state index contributed by atoms with van der Waals surface area (Å²) in [6.07, 6.45) is 0. The Hall–Kier alpha value is -0.530. The molecule has 0 fully saturated rings. The molecular formula is C11H13Cl3N5S-. The number of aryl methyl sites for hydroxylation is 1. The maximum absolute atomic E-state index is 6.08. The fourth-order valence-corrected chi connectivity index (χ4v) is 2.75. The Kier molecular flexibility index (Phi) is 7.61. The van der Waals surface area contributed by atoms with E-state index >= 15 is 0 Å². The van der Waals surface area contributed by atoms with Gasteiger partial charge in [0.05, 0.1) is 0 Å². The quantitative estimate of drug-likeness (QED) is 0.555. The molecule has 1 aromatic heterocycles. The first-order valence-corrected chi connectivity index (χ1v) is 7.41. The number of rotatable bonds is 6. The summed E-state index contributed by atoms with van der Waals surface area (Å²) in [5.41, 5.74) is 0.927. The Morgan fingerprint density at radius 2 is 2.00 bits per heavy atom. The Labute approximate surface area is 137 Å². The summed E-state index contributed by atoms with van der Waals surface area (Å²) in [7, 11) is 1.82. The molecule has 0 amide bonds. The van der Waals surface area contributed by atoms with Crippen LogP contribution in [0.5, 0.6) is 0 Å². The van der Waals surface area contributed by atoms with Crippen LogP contribution >= 0.6 is 35.0 Å². The third kappa shape index (κ3) is 4.79. The third-order valence-corrected chi connectivity index (χ3v) is 4.18. The maximum Gasteiger partial charge on any atom is 0.209 e. The van der Waals surface area contributed by atoms with E-state index < -0.39 is 0 Å². The molecule has 20 heavy (non-hydrogen) atoms. The number of nitrogens with one attached hydrogen (secondary N) is 1. The van der Waals surface area contributed by atoms with Crippen LogP contribution in [-0.2, 0) is 13.6 Å². The van der Waals surface area contributed by atoms with Crippen LogP contribution in [0.25, 0.3) is 0 Å². The first-order valence-electron chi connectivity index (χ1n) is 5.67. The second-order valence-electron chi connectivity index (χ2n) is 3.81. The van der Waals surface area contributed by atoms with Gasteiger partial charge in [-0.05, 0) is 22.6 Å². The molecule has 0 spiro atoms. The van der Waals surface area contributed by atoms with E-state index in [1.807, 2.05) is 25.2 Å². The van der Waals surface area contributed by atoms with Gasteiger partial charge < -0.3 is 17.7 Å². The first kappa shape index (κ1) is 17.5. The summed E-state index contributed by atoms with van der Waals surface area (Å²) >= 11 is 13.8. The molecule has 0 unspecified atom stereocenters. The summed E-state index contributed by atoms with van der Waals surface area (Å²) in [5, 5.41) is 16.7. The van der Waals surface area contributed by atoms with Gasteiger partial charge >= 0.3 is 0 Å². The average molecular weight is 354 g/mol. The van der Waals surface area contributed by atoms with E-state index in [9.17, 15) is 0 Å². The lowest BCUT2D eigenvalue weighted by Gasteiger charge is -2.08. The van der Waals surface area contributed by atoms with Crippen LogP contribution in [0.2, 0.25) is 10.0 Å². The van der Waals surface area contributed by atoms with Gasteiger partial charge in [0.2, 0.25) is 5.16 Å². The molecule has 0 saturated heterocycles. The molecule has 0 aliphatic heterocycles. The van der Waals surface area contributed by atoms with E-state index in [1.54, 1.807) is 16.4 Å². The standard InChI is InChI=1S/C11H13Cl2N5S.ClH/c1-18-11(15-16-17-18)19-6-5-14-7-8-9(12)3-2-4-10(8)13;/h2-4,14H,5-7H2,1H3;1H/p-1. The smallest absolute Gasteiger partial charge is 0.209 e. The molecule has 2 aromatic rings. The monoisotopic (exact) mass is 352 g/mol. The number of thioether (sulfide) groups is 1. The highest BCUT2D eigenvalue weighted by atomic mass is 35.5. The predicted octanol–water partition coefficient (Wildman–Crippen LogP) is -0.597. The SMILES string of the molecule is Cn1nnnc1SCCNCc1c(Cl)cccc1Cl.[Cl-]. The molecule has 1 aromatic carbocycles. The number of aromatic nitrogens is 4. The summed E-state index contributed by atoms with van der Waals surface area (Å²) < 4.78 is 1.65.